The molecule has 1 aromatic carbocycles. The Morgan fingerprint density at radius 2 is 2.07 bits per heavy atom. The van der Waals surface area contributed by atoms with Crippen molar-refractivity contribution in [3.8, 4) is 5.75 Å². The number of benzene rings is 1. The fourth-order valence-electron chi connectivity index (χ4n) is 2.62. The van der Waals surface area contributed by atoms with E-state index in [9.17, 15) is 8.42 Å². The van der Waals surface area contributed by atoms with Gasteiger partial charge in [-0.1, -0.05) is 11.6 Å². The van der Waals surface area contributed by atoms with Crippen LogP contribution >= 0.6 is 35.6 Å². The van der Waals surface area contributed by atoms with Crippen LogP contribution in [0.25, 0.3) is 0 Å². The number of rotatable bonds is 8. The Labute approximate surface area is 184 Å². The third kappa shape index (κ3) is 8.00. The maximum absolute atomic E-state index is 11.8. The van der Waals surface area contributed by atoms with Crippen LogP contribution in [-0.4, -0.2) is 75.7 Å². The maximum atomic E-state index is 11.8. The van der Waals surface area contributed by atoms with E-state index in [1.807, 2.05) is 31.0 Å². The number of guanidine groups is 1. The number of nitrogens with zero attached hydrogens (tertiary/aromatic N) is 3. The van der Waals surface area contributed by atoms with Crippen LogP contribution in [0.5, 0.6) is 5.75 Å². The van der Waals surface area contributed by atoms with Crippen molar-refractivity contribution in [2.24, 2.45) is 4.99 Å². The van der Waals surface area contributed by atoms with Crippen LogP contribution in [-0.2, 0) is 10.0 Å². The molecule has 2 rings (SSSR count). The summed E-state index contributed by atoms with van der Waals surface area (Å²) in [6, 6.07) is 7.24. The lowest BCUT2D eigenvalue weighted by molar-refractivity contribution is 0.281. The van der Waals surface area contributed by atoms with E-state index in [1.54, 1.807) is 12.1 Å². The van der Waals surface area contributed by atoms with Gasteiger partial charge in [0, 0.05) is 31.7 Å². The first-order valence-electron chi connectivity index (χ1n) is 8.78. The van der Waals surface area contributed by atoms with Gasteiger partial charge >= 0.3 is 0 Å². The van der Waals surface area contributed by atoms with Gasteiger partial charge in [0.15, 0.2) is 5.96 Å². The van der Waals surface area contributed by atoms with Crippen molar-refractivity contribution < 1.29 is 13.2 Å². The molecule has 0 unspecified atom stereocenters. The third-order valence-electron chi connectivity index (χ3n) is 4.02. The molecule has 1 aromatic rings. The summed E-state index contributed by atoms with van der Waals surface area (Å²) in [5.74, 6) is 1.76. The minimum atomic E-state index is -3.06. The standard InChI is InChI=1S/C17H27ClN4O3S.HI/c1-3-19-17(20-9-11-22-10-4-14-26(22,23)24)21(2)12-13-25-16-7-5-15(18)6-8-16;/h5-8H,3-4,9-14H2,1-2H3,(H,19,20);1H. The quantitative estimate of drug-likeness (QED) is 0.317. The second-order valence-electron chi connectivity index (χ2n) is 6.03. The van der Waals surface area contributed by atoms with Crippen molar-refractivity contribution in [3.63, 3.8) is 0 Å². The van der Waals surface area contributed by atoms with Crippen molar-refractivity contribution in [2.75, 3.05) is 52.1 Å². The lowest BCUT2D eigenvalue weighted by Gasteiger charge is -2.22. The Hall–Kier alpha value is -0.780. The van der Waals surface area contributed by atoms with Crippen LogP contribution in [0.2, 0.25) is 5.02 Å². The Balaban J connectivity index is 0.00000364. The molecule has 1 aliphatic heterocycles. The van der Waals surface area contributed by atoms with Gasteiger partial charge in [-0.3, -0.25) is 4.99 Å². The highest BCUT2D eigenvalue weighted by Crippen LogP contribution is 2.15. The van der Waals surface area contributed by atoms with Gasteiger partial charge in [-0.25, -0.2) is 12.7 Å². The molecule has 0 amide bonds. The summed E-state index contributed by atoms with van der Waals surface area (Å²) in [5.41, 5.74) is 0. The summed E-state index contributed by atoms with van der Waals surface area (Å²) >= 11 is 5.86. The number of aliphatic imine (C=N–C) groups is 1. The van der Waals surface area contributed by atoms with Crippen LogP contribution in [0.1, 0.15) is 13.3 Å². The Morgan fingerprint density at radius 1 is 1.37 bits per heavy atom. The van der Waals surface area contributed by atoms with Gasteiger partial charge in [-0.2, -0.15) is 0 Å². The molecule has 0 spiro atoms. The largest absolute Gasteiger partial charge is 0.492 e. The lowest BCUT2D eigenvalue weighted by Crippen LogP contribution is -2.41. The monoisotopic (exact) mass is 530 g/mol. The van der Waals surface area contributed by atoms with E-state index in [0.29, 0.717) is 44.2 Å². The number of nitrogens with one attached hydrogen (secondary N) is 1. The molecule has 1 fully saturated rings. The maximum Gasteiger partial charge on any atom is 0.214 e. The van der Waals surface area contributed by atoms with Crippen molar-refractivity contribution in [3.05, 3.63) is 29.3 Å². The molecule has 0 bridgehead atoms. The topological polar surface area (TPSA) is 74.2 Å². The Kier molecular flexibility index (Phi) is 10.7. The van der Waals surface area contributed by atoms with Crippen LogP contribution in [0, 0.1) is 0 Å². The molecule has 0 aliphatic carbocycles. The van der Waals surface area contributed by atoms with Crippen LogP contribution in [0.4, 0.5) is 0 Å². The zero-order valence-corrected chi connectivity index (χ0v) is 19.6. The summed E-state index contributed by atoms with van der Waals surface area (Å²) in [4.78, 5) is 6.50. The number of halogens is 2. The van der Waals surface area contributed by atoms with Crippen LogP contribution < -0.4 is 10.1 Å². The fourth-order valence-corrected chi connectivity index (χ4v) is 4.26. The third-order valence-corrected chi connectivity index (χ3v) is 6.23. The summed E-state index contributed by atoms with van der Waals surface area (Å²) in [5, 5.41) is 3.90. The molecule has 27 heavy (non-hydrogen) atoms. The number of hydrogen-bond acceptors (Lipinski definition) is 4. The molecule has 7 nitrogen and oxygen atoms in total. The van der Waals surface area contributed by atoms with Crippen molar-refractivity contribution in [1.29, 1.82) is 0 Å². The molecular weight excluding hydrogens is 503 g/mol. The summed E-state index contributed by atoms with van der Waals surface area (Å²) in [7, 11) is -1.13. The minimum Gasteiger partial charge on any atom is -0.492 e. The first-order valence-corrected chi connectivity index (χ1v) is 10.8. The van der Waals surface area contributed by atoms with Gasteiger partial charge in [-0.05, 0) is 37.6 Å². The summed E-state index contributed by atoms with van der Waals surface area (Å²) < 4.78 is 30.9. The number of hydrogen-bond donors (Lipinski definition) is 1. The van der Waals surface area contributed by atoms with Gasteiger partial charge in [-0.15, -0.1) is 24.0 Å². The van der Waals surface area contributed by atoms with Crippen molar-refractivity contribution >= 4 is 51.6 Å². The molecule has 1 heterocycles. The Morgan fingerprint density at radius 3 is 2.67 bits per heavy atom. The molecule has 1 aliphatic rings. The second kappa shape index (κ2) is 11.9. The average molecular weight is 531 g/mol. The summed E-state index contributed by atoms with van der Waals surface area (Å²) in [6.45, 7) is 5.34. The van der Waals surface area contributed by atoms with E-state index in [1.165, 1.54) is 4.31 Å². The molecule has 0 aromatic heterocycles. The zero-order chi connectivity index (χ0) is 19.0. The molecule has 154 valence electrons. The van der Waals surface area contributed by atoms with Gasteiger partial charge in [0.25, 0.3) is 0 Å². The lowest BCUT2D eigenvalue weighted by atomic mass is 10.3. The van der Waals surface area contributed by atoms with Crippen molar-refractivity contribution in [2.45, 2.75) is 13.3 Å². The van der Waals surface area contributed by atoms with Crippen molar-refractivity contribution in [1.82, 2.24) is 14.5 Å². The molecule has 10 heteroatoms. The molecule has 1 saturated heterocycles. The first kappa shape index (κ1) is 24.3. The minimum absolute atomic E-state index is 0. The van der Waals surface area contributed by atoms with Gasteiger partial charge < -0.3 is 15.0 Å². The predicted molar refractivity (Wildman–Crippen MR) is 121 cm³/mol. The zero-order valence-electron chi connectivity index (χ0n) is 15.7. The highest BCUT2D eigenvalue weighted by Gasteiger charge is 2.27. The number of sulfonamides is 1. The molecule has 0 radical (unpaired) electrons. The van der Waals surface area contributed by atoms with Crippen LogP contribution in [0.3, 0.4) is 0 Å². The second-order valence-corrected chi connectivity index (χ2v) is 8.55. The smallest absolute Gasteiger partial charge is 0.214 e. The molecule has 0 atom stereocenters. The number of likely N-dealkylation sites (N-methyl/N-ethyl adjacent to an activating group) is 1. The van der Waals surface area contributed by atoms with Crippen LogP contribution in [0.15, 0.2) is 29.3 Å². The van der Waals surface area contributed by atoms with E-state index in [0.717, 1.165) is 18.3 Å². The van der Waals surface area contributed by atoms with Gasteiger partial charge in [0.1, 0.15) is 12.4 Å². The number of ether oxygens (including phenoxy) is 1. The van der Waals surface area contributed by atoms with E-state index < -0.39 is 10.0 Å². The normalized spacial score (nSPS) is 16.6. The molecule has 0 saturated carbocycles. The van der Waals surface area contributed by atoms with Gasteiger partial charge in [0.05, 0.1) is 18.8 Å². The molecular formula is C17H28ClIN4O3S. The highest BCUT2D eigenvalue weighted by molar-refractivity contribution is 14.0. The van der Waals surface area contributed by atoms with E-state index in [4.69, 9.17) is 16.3 Å². The van der Waals surface area contributed by atoms with E-state index >= 15 is 0 Å². The van der Waals surface area contributed by atoms with E-state index in [2.05, 4.69) is 10.3 Å². The molecule has 1 N–H and O–H groups in total. The Bertz CT molecular complexity index is 701. The highest BCUT2D eigenvalue weighted by atomic mass is 127. The van der Waals surface area contributed by atoms with E-state index in [-0.39, 0.29) is 29.7 Å². The van der Waals surface area contributed by atoms with Gasteiger partial charge in [0.2, 0.25) is 10.0 Å². The predicted octanol–water partition coefficient (Wildman–Crippen LogP) is 2.27. The average Bonchev–Trinajstić information content (AvgIpc) is 2.94. The first-order chi connectivity index (χ1) is 12.4. The summed E-state index contributed by atoms with van der Waals surface area (Å²) in [6.07, 6.45) is 0.702. The SMILES string of the molecule is CCNC(=NCCN1CCCS1(=O)=O)N(C)CCOc1ccc(Cl)cc1.I. The fraction of sp³-hybridized carbons (Fsp3) is 0.588.